The van der Waals surface area contributed by atoms with Gasteiger partial charge in [-0.25, -0.2) is 9.97 Å². The maximum atomic E-state index is 12.6. The first-order chi connectivity index (χ1) is 10.8. The Morgan fingerprint density at radius 2 is 1.73 bits per heavy atom. The van der Waals surface area contributed by atoms with Crippen LogP contribution in [0, 0.1) is 6.92 Å². The number of hydrogen-bond donors (Lipinski definition) is 1. The summed E-state index contributed by atoms with van der Waals surface area (Å²) in [6.07, 6.45) is 3.00. The summed E-state index contributed by atoms with van der Waals surface area (Å²) in [5.74, 6) is -0.214. The Morgan fingerprint density at radius 3 is 2.50 bits per heavy atom. The minimum atomic E-state index is -0.214. The van der Waals surface area contributed by atoms with Gasteiger partial charge in [-0.15, -0.1) is 0 Å². The van der Waals surface area contributed by atoms with Gasteiger partial charge >= 0.3 is 0 Å². The maximum Gasteiger partial charge on any atom is 0.259 e. The quantitative estimate of drug-likeness (QED) is 0.799. The molecule has 108 valence electrons. The lowest BCUT2D eigenvalue weighted by Crippen LogP contribution is -2.15. The van der Waals surface area contributed by atoms with Crippen molar-refractivity contribution >= 4 is 11.6 Å². The third-order valence-corrected chi connectivity index (χ3v) is 3.40. The molecule has 1 aromatic heterocycles. The van der Waals surface area contributed by atoms with Crippen LogP contribution in [0.5, 0.6) is 0 Å². The van der Waals surface area contributed by atoms with Gasteiger partial charge in [0.1, 0.15) is 6.33 Å². The van der Waals surface area contributed by atoms with Gasteiger partial charge < -0.3 is 5.32 Å². The molecule has 0 radical (unpaired) electrons. The lowest BCUT2D eigenvalue weighted by Gasteiger charge is -2.10. The number of aromatic nitrogens is 2. The minimum Gasteiger partial charge on any atom is -0.322 e. The molecule has 0 aliphatic heterocycles. The van der Waals surface area contributed by atoms with E-state index in [1.54, 1.807) is 6.20 Å². The molecule has 2 aromatic carbocycles. The fourth-order valence-corrected chi connectivity index (χ4v) is 2.22. The first-order valence-electron chi connectivity index (χ1n) is 6.98. The fraction of sp³-hybridized carbons (Fsp3) is 0.0556. The van der Waals surface area contributed by atoms with E-state index in [2.05, 4.69) is 15.3 Å². The zero-order valence-electron chi connectivity index (χ0n) is 12.2. The highest BCUT2D eigenvalue weighted by Gasteiger charge is 2.15. The molecule has 1 amide bonds. The van der Waals surface area contributed by atoms with Gasteiger partial charge in [0.25, 0.3) is 5.91 Å². The molecule has 22 heavy (non-hydrogen) atoms. The number of nitrogens with one attached hydrogen (secondary N) is 1. The summed E-state index contributed by atoms with van der Waals surface area (Å²) in [6.45, 7) is 1.95. The summed E-state index contributed by atoms with van der Waals surface area (Å²) in [5.41, 5.74) is 3.77. The number of hydrogen-bond acceptors (Lipinski definition) is 3. The zero-order valence-corrected chi connectivity index (χ0v) is 12.2. The number of benzene rings is 2. The lowest BCUT2D eigenvalue weighted by atomic mass is 10.1. The van der Waals surface area contributed by atoms with Crippen molar-refractivity contribution in [2.75, 3.05) is 5.32 Å². The predicted molar refractivity (Wildman–Crippen MR) is 86.6 cm³/mol. The largest absolute Gasteiger partial charge is 0.322 e. The van der Waals surface area contributed by atoms with Gasteiger partial charge in [0.15, 0.2) is 0 Å². The van der Waals surface area contributed by atoms with E-state index < -0.39 is 0 Å². The van der Waals surface area contributed by atoms with E-state index in [4.69, 9.17) is 0 Å². The van der Waals surface area contributed by atoms with E-state index in [-0.39, 0.29) is 5.91 Å². The van der Waals surface area contributed by atoms with Crippen LogP contribution in [-0.2, 0) is 0 Å². The van der Waals surface area contributed by atoms with Gasteiger partial charge in [-0.3, -0.25) is 4.79 Å². The third-order valence-electron chi connectivity index (χ3n) is 3.40. The average Bonchev–Trinajstić information content (AvgIpc) is 2.58. The standard InChI is InChI=1S/C18H15N3O/c1-13-7-5-6-10-16(13)21-18(22)15-11-19-12-20-17(15)14-8-3-2-4-9-14/h2-12H,1H3,(H,21,22). The Morgan fingerprint density at radius 1 is 1.00 bits per heavy atom. The SMILES string of the molecule is Cc1ccccc1NC(=O)c1cncnc1-c1ccccc1. The Balaban J connectivity index is 1.96. The highest BCUT2D eigenvalue weighted by atomic mass is 16.1. The van der Waals surface area contributed by atoms with E-state index in [0.717, 1.165) is 16.8 Å². The van der Waals surface area contributed by atoms with Crippen LogP contribution in [0.1, 0.15) is 15.9 Å². The molecule has 0 bridgehead atoms. The van der Waals surface area contributed by atoms with Gasteiger partial charge in [0, 0.05) is 17.4 Å². The molecule has 3 aromatic rings. The number of amides is 1. The average molecular weight is 289 g/mol. The smallest absolute Gasteiger partial charge is 0.259 e. The van der Waals surface area contributed by atoms with Crippen LogP contribution >= 0.6 is 0 Å². The zero-order chi connectivity index (χ0) is 15.4. The number of carbonyl (C=O) groups is 1. The molecule has 4 heteroatoms. The molecule has 0 unspecified atom stereocenters. The summed E-state index contributed by atoms with van der Waals surface area (Å²) < 4.78 is 0. The van der Waals surface area contributed by atoms with E-state index >= 15 is 0 Å². The molecule has 1 N–H and O–H groups in total. The van der Waals surface area contributed by atoms with Gasteiger partial charge in [0.2, 0.25) is 0 Å². The Hall–Kier alpha value is -3.01. The Labute approximate surface area is 128 Å². The second kappa shape index (κ2) is 6.18. The monoisotopic (exact) mass is 289 g/mol. The molecule has 4 nitrogen and oxygen atoms in total. The summed E-state index contributed by atoms with van der Waals surface area (Å²) in [6, 6.07) is 17.3. The molecule has 0 aliphatic carbocycles. The normalized spacial score (nSPS) is 10.2. The van der Waals surface area contributed by atoms with Gasteiger partial charge in [-0.1, -0.05) is 48.5 Å². The van der Waals surface area contributed by atoms with Crippen molar-refractivity contribution in [2.24, 2.45) is 0 Å². The third kappa shape index (κ3) is 2.86. The summed E-state index contributed by atoms with van der Waals surface area (Å²) in [5, 5.41) is 2.92. The molecule has 0 fully saturated rings. The van der Waals surface area contributed by atoms with Crippen LogP contribution in [-0.4, -0.2) is 15.9 Å². The van der Waals surface area contributed by atoms with Crippen molar-refractivity contribution in [1.82, 2.24) is 9.97 Å². The molecule has 0 spiro atoms. The second-order valence-corrected chi connectivity index (χ2v) is 4.92. The highest BCUT2D eigenvalue weighted by Crippen LogP contribution is 2.22. The molecule has 0 saturated heterocycles. The number of carbonyl (C=O) groups excluding carboxylic acids is 1. The minimum absolute atomic E-state index is 0.214. The van der Waals surface area contributed by atoms with Crippen LogP contribution in [0.15, 0.2) is 67.1 Å². The van der Waals surface area contributed by atoms with Crippen molar-refractivity contribution in [3.63, 3.8) is 0 Å². The number of rotatable bonds is 3. The first-order valence-corrected chi connectivity index (χ1v) is 6.98. The van der Waals surface area contributed by atoms with Gasteiger partial charge in [-0.05, 0) is 18.6 Å². The predicted octanol–water partition coefficient (Wildman–Crippen LogP) is 3.70. The van der Waals surface area contributed by atoms with Crippen molar-refractivity contribution in [3.05, 3.63) is 78.2 Å². The van der Waals surface area contributed by atoms with E-state index in [1.807, 2.05) is 61.5 Å². The van der Waals surface area contributed by atoms with Crippen LogP contribution in [0.25, 0.3) is 11.3 Å². The van der Waals surface area contributed by atoms with Crippen LogP contribution < -0.4 is 5.32 Å². The first kappa shape index (κ1) is 13.9. The summed E-state index contributed by atoms with van der Waals surface area (Å²) in [4.78, 5) is 20.8. The second-order valence-electron chi connectivity index (χ2n) is 4.92. The molecule has 0 atom stereocenters. The van der Waals surface area contributed by atoms with Crippen molar-refractivity contribution in [2.45, 2.75) is 6.92 Å². The fourth-order valence-electron chi connectivity index (χ4n) is 2.22. The van der Waals surface area contributed by atoms with Crippen LogP contribution in [0.3, 0.4) is 0 Å². The molecular formula is C18H15N3O. The van der Waals surface area contributed by atoms with E-state index in [9.17, 15) is 4.79 Å². The maximum absolute atomic E-state index is 12.6. The number of para-hydroxylation sites is 1. The van der Waals surface area contributed by atoms with Gasteiger partial charge in [-0.2, -0.15) is 0 Å². The molecule has 0 saturated carbocycles. The van der Waals surface area contributed by atoms with E-state index in [0.29, 0.717) is 11.3 Å². The lowest BCUT2D eigenvalue weighted by molar-refractivity contribution is 0.102. The van der Waals surface area contributed by atoms with E-state index in [1.165, 1.54) is 6.33 Å². The molecular weight excluding hydrogens is 274 g/mol. The summed E-state index contributed by atoms with van der Waals surface area (Å²) in [7, 11) is 0. The number of anilines is 1. The number of aryl methyl sites for hydroxylation is 1. The Bertz CT molecular complexity index is 800. The molecule has 0 aliphatic rings. The topological polar surface area (TPSA) is 54.9 Å². The van der Waals surface area contributed by atoms with Gasteiger partial charge in [0.05, 0.1) is 11.3 Å². The van der Waals surface area contributed by atoms with Crippen LogP contribution in [0.2, 0.25) is 0 Å². The Kier molecular flexibility index (Phi) is 3.92. The summed E-state index contributed by atoms with van der Waals surface area (Å²) >= 11 is 0. The van der Waals surface area contributed by atoms with Crippen molar-refractivity contribution in [3.8, 4) is 11.3 Å². The van der Waals surface area contributed by atoms with Crippen molar-refractivity contribution in [1.29, 1.82) is 0 Å². The van der Waals surface area contributed by atoms with Crippen LogP contribution in [0.4, 0.5) is 5.69 Å². The highest BCUT2D eigenvalue weighted by molar-refractivity contribution is 6.08. The number of nitrogens with zero attached hydrogens (tertiary/aromatic N) is 2. The molecule has 1 heterocycles. The molecule has 3 rings (SSSR count). The van der Waals surface area contributed by atoms with Crippen molar-refractivity contribution < 1.29 is 4.79 Å².